The van der Waals surface area contributed by atoms with Crippen molar-refractivity contribution >= 4 is 11.7 Å². The van der Waals surface area contributed by atoms with Crippen molar-refractivity contribution in [3.8, 4) is 0 Å². The zero-order valence-corrected chi connectivity index (χ0v) is 13.7. The van der Waals surface area contributed by atoms with Crippen LogP contribution in [-0.4, -0.2) is 76.5 Å². The van der Waals surface area contributed by atoms with Gasteiger partial charge in [0.05, 0.1) is 6.10 Å². The summed E-state index contributed by atoms with van der Waals surface area (Å²) in [5.74, 6) is 0.480. The third-order valence-electron chi connectivity index (χ3n) is 4.01. The van der Waals surface area contributed by atoms with Crippen LogP contribution in [0.5, 0.6) is 0 Å². The summed E-state index contributed by atoms with van der Waals surface area (Å²) in [6, 6.07) is 1.82. The Kier molecular flexibility index (Phi) is 4.88. The normalized spacial score (nSPS) is 18.0. The molecule has 1 aliphatic heterocycles. The molecule has 0 N–H and O–H groups in total. The summed E-state index contributed by atoms with van der Waals surface area (Å²) in [4.78, 5) is 25.3. The van der Waals surface area contributed by atoms with E-state index in [9.17, 15) is 4.79 Å². The Hall–Kier alpha value is -1.99. The van der Waals surface area contributed by atoms with Crippen molar-refractivity contribution in [2.45, 2.75) is 18.9 Å². The van der Waals surface area contributed by atoms with Crippen molar-refractivity contribution in [2.75, 3.05) is 40.3 Å². The molecule has 1 atom stereocenters. The molecule has 0 spiro atoms. The lowest BCUT2D eigenvalue weighted by molar-refractivity contribution is 0.0508. The predicted octanol–water partition coefficient (Wildman–Crippen LogP) is 0.912. The number of carbonyl (C=O) groups excluding carboxylic acids is 1. The number of hydrogen-bond acceptors (Lipinski definition) is 5. The van der Waals surface area contributed by atoms with Crippen molar-refractivity contribution in [1.29, 1.82) is 0 Å². The number of amides is 1. The molecule has 0 aromatic carbocycles. The number of hydrogen-bond donors (Lipinski definition) is 0. The van der Waals surface area contributed by atoms with E-state index in [1.54, 1.807) is 16.8 Å². The van der Waals surface area contributed by atoms with Crippen LogP contribution in [0, 0.1) is 0 Å². The highest BCUT2D eigenvalue weighted by atomic mass is 16.5. The Bertz CT molecular complexity index is 630. The molecule has 7 nitrogen and oxygen atoms in total. The Balaban J connectivity index is 1.76. The third-order valence-corrected chi connectivity index (χ3v) is 4.01. The van der Waals surface area contributed by atoms with Crippen LogP contribution in [0.3, 0.4) is 0 Å². The molecule has 2 aromatic rings. The predicted molar refractivity (Wildman–Crippen MR) is 86.4 cm³/mol. The topological polar surface area (TPSA) is 63.0 Å². The monoisotopic (exact) mass is 317 g/mol. The van der Waals surface area contributed by atoms with E-state index in [1.165, 1.54) is 0 Å². The van der Waals surface area contributed by atoms with E-state index in [0.29, 0.717) is 24.6 Å². The van der Waals surface area contributed by atoms with Gasteiger partial charge >= 0.3 is 0 Å². The van der Waals surface area contributed by atoms with Crippen LogP contribution in [0.25, 0.3) is 5.78 Å². The number of carbonyl (C=O) groups is 1. The van der Waals surface area contributed by atoms with Gasteiger partial charge in [-0.1, -0.05) is 0 Å². The van der Waals surface area contributed by atoms with E-state index in [1.807, 2.05) is 31.3 Å². The summed E-state index contributed by atoms with van der Waals surface area (Å²) < 4.78 is 7.46. The number of imidazole rings is 1. The molecule has 1 amide bonds. The quantitative estimate of drug-likeness (QED) is 0.792. The second-order valence-electron chi connectivity index (χ2n) is 6.14. The summed E-state index contributed by atoms with van der Waals surface area (Å²) in [7, 11) is 4.01. The molecule has 0 unspecified atom stereocenters. The maximum Gasteiger partial charge on any atom is 0.274 e. The molecule has 0 radical (unpaired) electrons. The molecule has 0 aliphatic carbocycles. The van der Waals surface area contributed by atoms with Gasteiger partial charge < -0.3 is 14.5 Å². The highest BCUT2D eigenvalue weighted by Crippen LogP contribution is 2.15. The van der Waals surface area contributed by atoms with Crippen molar-refractivity contribution in [1.82, 2.24) is 24.2 Å². The molecule has 1 saturated heterocycles. The van der Waals surface area contributed by atoms with Gasteiger partial charge in [-0.05, 0) is 33.0 Å². The van der Waals surface area contributed by atoms with Gasteiger partial charge in [0.25, 0.3) is 5.91 Å². The molecule has 7 heteroatoms. The van der Waals surface area contributed by atoms with Gasteiger partial charge in [0, 0.05) is 44.8 Å². The van der Waals surface area contributed by atoms with E-state index in [4.69, 9.17) is 4.74 Å². The van der Waals surface area contributed by atoms with E-state index in [0.717, 1.165) is 26.0 Å². The Labute approximate surface area is 135 Å². The molecule has 0 bridgehead atoms. The van der Waals surface area contributed by atoms with Gasteiger partial charge in [0.15, 0.2) is 0 Å². The standard InChI is InChI=1S/C16H23N5O2/c1-19(2)8-9-20(11-13-5-3-10-23-13)15(22)14-12-21-7-4-6-17-16(21)18-14/h4,6-7,12-13H,3,5,8-11H2,1-2H3/t13-/m0/s1. The fourth-order valence-electron chi connectivity index (χ4n) is 2.73. The average Bonchev–Trinajstić information content (AvgIpc) is 3.19. The first-order valence-corrected chi connectivity index (χ1v) is 7.99. The fourth-order valence-corrected chi connectivity index (χ4v) is 2.73. The molecule has 1 fully saturated rings. The van der Waals surface area contributed by atoms with Gasteiger partial charge in [-0.3, -0.25) is 9.20 Å². The Morgan fingerprint density at radius 1 is 1.43 bits per heavy atom. The minimum Gasteiger partial charge on any atom is -0.376 e. The van der Waals surface area contributed by atoms with Gasteiger partial charge in [-0.2, -0.15) is 0 Å². The zero-order chi connectivity index (χ0) is 16.2. The summed E-state index contributed by atoms with van der Waals surface area (Å²) in [6.45, 7) is 2.88. The number of likely N-dealkylation sites (N-methyl/N-ethyl adjacent to an activating group) is 1. The van der Waals surface area contributed by atoms with Crippen molar-refractivity contribution in [3.63, 3.8) is 0 Å². The molecule has 0 saturated carbocycles. The summed E-state index contributed by atoms with van der Waals surface area (Å²) in [5.41, 5.74) is 0.431. The molecule has 23 heavy (non-hydrogen) atoms. The highest BCUT2D eigenvalue weighted by molar-refractivity contribution is 5.92. The van der Waals surface area contributed by atoms with Crippen molar-refractivity contribution < 1.29 is 9.53 Å². The molecule has 3 rings (SSSR count). The van der Waals surface area contributed by atoms with Crippen LogP contribution in [0.15, 0.2) is 24.7 Å². The van der Waals surface area contributed by atoms with E-state index >= 15 is 0 Å². The molecular weight excluding hydrogens is 294 g/mol. The highest BCUT2D eigenvalue weighted by Gasteiger charge is 2.25. The van der Waals surface area contributed by atoms with Crippen LogP contribution in [0.1, 0.15) is 23.3 Å². The Morgan fingerprint density at radius 2 is 2.30 bits per heavy atom. The zero-order valence-electron chi connectivity index (χ0n) is 13.7. The minimum atomic E-state index is -0.0622. The number of ether oxygens (including phenoxy) is 1. The third kappa shape index (κ3) is 3.86. The molecule has 124 valence electrons. The number of aromatic nitrogens is 3. The van der Waals surface area contributed by atoms with Crippen molar-refractivity contribution in [3.05, 3.63) is 30.4 Å². The lowest BCUT2D eigenvalue weighted by Crippen LogP contribution is -2.41. The summed E-state index contributed by atoms with van der Waals surface area (Å²) >= 11 is 0. The van der Waals surface area contributed by atoms with E-state index in [-0.39, 0.29) is 12.0 Å². The van der Waals surface area contributed by atoms with E-state index in [2.05, 4.69) is 14.9 Å². The van der Waals surface area contributed by atoms with Crippen LogP contribution in [0.2, 0.25) is 0 Å². The van der Waals surface area contributed by atoms with Gasteiger partial charge in [0.2, 0.25) is 5.78 Å². The first kappa shape index (κ1) is 15.9. The van der Waals surface area contributed by atoms with Crippen molar-refractivity contribution in [2.24, 2.45) is 0 Å². The average molecular weight is 317 g/mol. The lowest BCUT2D eigenvalue weighted by atomic mass is 10.2. The number of rotatable bonds is 6. The second-order valence-corrected chi connectivity index (χ2v) is 6.14. The number of fused-ring (bicyclic) bond motifs is 1. The molecular formula is C16H23N5O2. The van der Waals surface area contributed by atoms with Gasteiger partial charge in [-0.25, -0.2) is 9.97 Å². The smallest absolute Gasteiger partial charge is 0.274 e. The summed E-state index contributed by atoms with van der Waals surface area (Å²) in [5, 5.41) is 0. The molecule has 3 heterocycles. The summed E-state index contributed by atoms with van der Waals surface area (Å²) in [6.07, 6.45) is 7.47. The van der Waals surface area contributed by atoms with Crippen LogP contribution in [-0.2, 0) is 4.74 Å². The van der Waals surface area contributed by atoms with Crippen LogP contribution >= 0.6 is 0 Å². The molecule has 1 aliphatic rings. The largest absolute Gasteiger partial charge is 0.376 e. The molecule has 2 aromatic heterocycles. The first-order valence-electron chi connectivity index (χ1n) is 7.99. The first-order chi connectivity index (χ1) is 11.1. The van der Waals surface area contributed by atoms with Crippen LogP contribution < -0.4 is 0 Å². The number of nitrogens with zero attached hydrogens (tertiary/aromatic N) is 5. The lowest BCUT2D eigenvalue weighted by Gasteiger charge is -2.26. The maximum atomic E-state index is 12.9. The Morgan fingerprint density at radius 3 is 3.00 bits per heavy atom. The minimum absolute atomic E-state index is 0.0622. The second kappa shape index (κ2) is 7.06. The van der Waals surface area contributed by atoms with Gasteiger partial charge in [0.1, 0.15) is 5.69 Å². The van der Waals surface area contributed by atoms with Crippen LogP contribution in [0.4, 0.5) is 0 Å². The maximum absolute atomic E-state index is 12.9. The fraction of sp³-hybridized carbons (Fsp3) is 0.562. The van der Waals surface area contributed by atoms with Gasteiger partial charge in [-0.15, -0.1) is 0 Å². The van der Waals surface area contributed by atoms with E-state index < -0.39 is 0 Å². The SMILES string of the molecule is CN(C)CCN(C[C@@H]1CCCO1)C(=O)c1cn2cccnc2n1.